The number of anilines is 2. The first-order valence-electron chi connectivity index (χ1n) is 10.4. The molecular formula is C22H25N5O2. The smallest absolute Gasteiger partial charge is 0.234 e. The van der Waals surface area contributed by atoms with Gasteiger partial charge in [-0.1, -0.05) is 6.07 Å². The van der Waals surface area contributed by atoms with E-state index in [1.807, 2.05) is 29.2 Å². The van der Waals surface area contributed by atoms with Crippen molar-refractivity contribution in [3.63, 3.8) is 0 Å². The first-order chi connectivity index (χ1) is 14.2. The zero-order valence-corrected chi connectivity index (χ0v) is 16.4. The average molecular weight is 391 g/mol. The zero-order valence-electron chi connectivity index (χ0n) is 16.4. The summed E-state index contributed by atoms with van der Waals surface area (Å²) in [5, 5.41) is 2.93. The Balaban J connectivity index is 1.18. The van der Waals surface area contributed by atoms with Crippen molar-refractivity contribution in [2.45, 2.75) is 31.6 Å². The Morgan fingerprint density at radius 1 is 1.00 bits per heavy atom. The van der Waals surface area contributed by atoms with Gasteiger partial charge in [-0.3, -0.25) is 14.6 Å². The van der Waals surface area contributed by atoms with Crippen LogP contribution in [0.3, 0.4) is 0 Å². The molecule has 3 aliphatic rings. The number of rotatable bonds is 4. The second-order valence-corrected chi connectivity index (χ2v) is 8.12. The molecule has 0 spiro atoms. The number of carbonyl (C=O) groups excluding carboxylic acids is 2. The fourth-order valence-corrected chi connectivity index (χ4v) is 4.30. The van der Waals surface area contributed by atoms with Gasteiger partial charge in [-0.25, -0.2) is 4.98 Å². The van der Waals surface area contributed by atoms with Gasteiger partial charge in [0.05, 0.1) is 23.5 Å². The van der Waals surface area contributed by atoms with Gasteiger partial charge in [0.15, 0.2) is 0 Å². The number of hydrogen-bond donors (Lipinski definition) is 1. The molecule has 2 amide bonds. The number of nitrogens with zero attached hydrogens (tertiary/aromatic N) is 4. The van der Waals surface area contributed by atoms with E-state index in [0.717, 1.165) is 68.8 Å². The number of piperazine rings is 1. The molecule has 2 aromatic rings. The monoisotopic (exact) mass is 391 g/mol. The summed E-state index contributed by atoms with van der Waals surface area (Å²) in [6, 6.07) is 7.80. The topological polar surface area (TPSA) is 78.4 Å². The molecule has 1 saturated heterocycles. The highest BCUT2D eigenvalue weighted by atomic mass is 16.2. The van der Waals surface area contributed by atoms with Crippen LogP contribution in [0.15, 0.2) is 36.7 Å². The summed E-state index contributed by atoms with van der Waals surface area (Å²) in [5.74, 6) is 0.919. The molecule has 1 atom stereocenters. The fraction of sp³-hybridized carbons (Fsp3) is 0.455. The maximum Gasteiger partial charge on any atom is 0.234 e. The Morgan fingerprint density at radius 2 is 1.83 bits per heavy atom. The highest BCUT2D eigenvalue weighted by Crippen LogP contribution is 2.33. The number of fused-ring (bicyclic) bond motifs is 1. The number of nitrogens with one attached hydrogen (secondary N) is 1. The van der Waals surface area contributed by atoms with Crippen molar-refractivity contribution in [1.82, 2.24) is 14.9 Å². The van der Waals surface area contributed by atoms with Crippen LogP contribution >= 0.6 is 0 Å². The maximum atomic E-state index is 12.7. The van der Waals surface area contributed by atoms with Gasteiger partial charge in [0.1, 0.15) is 5.82 Å². The van der Waals surface area contributed by atoms with E-state index in [4.69, 9.17) is 0 Å². The summed E-state index contributed by atoms with van der Waals surface area (Å²) < 4.78 is 0. The van der Waals surface area contributed by atoms with Crippen molar-refractivity contribution in [3.05, 3.63) is 47.9 Å². The summed E-state index contributed by atoms with van der Waals surface area (Å²) in [4.78, 5) is 37.9. The number of pyridine rings is 2. The van der Waals surface area contributed by atoms with E-state index < -0.39 is 0 Å². The number of hydrogen-bond acceptors (Lipinski definition) is 5. The Kier molecular flexibility index (Phi) is 4.66. The summed E-state index contributed by atoms with van der Waals surface area (Å²) in [7, 11) is 0. The van der Waals surface area contributed by atoms with Crippen molar-refractivity contribution in [1.29, 1.82) is 0 Å². The van der Waals surface area contributed by atoms with E-state index in [2.05, 4.69) is 20.2 Å². The van der Waals surface area contributed by atoms with Crippen LogP contribution in [0.5, 0.6) is 0 Å². The van der Waals surface area contributed by atoms with Gasteiger partial charge in [0, 0.05) is 38.3 Å². The van der Waals surface area contributed by atoms with Gasteiger partial charge in [-0.05, 0) is 49.4 Å². The van der Waals surface area contributed by atoms with Gasteiger partial charge in [0.2, 0.25) is 11.8 Å². The molecule has 7 nitrogen and oxygen atoms in total. The molecule has 150 valence electrons. The lowest BCUT2D eigenvalue weighted by Crippen LogP contribution is -2.49. The van der Waals surface area contributed by atoms with E-state index in [0.29, 0.717) is 11.7 Å². The van der Waals surface area contributed by atoms with Crippen LogP contribution in [0.25, 0.3) is 0 Å². The second-order valence-electron chi connectivity index (χ2n) is 8.12. The van der Waals surface area contributed by atoms with Crippen molar-refractivity contribution in [2.75, 3.05) is 36.4 Å². The third kappa shape index (κ3) is 3.69. The van der Waals surface area contributed by atoms with E-state index >= 15 is 0 Å². The van der Waals surface area contributed by atoms with Gasteiger partial charge in [0.25, 0.3) is 0 Å². The van der Waals surface area contributed by atoms with Crippen LogP contribution in [0.2, 0.25) is 0 Å². The molecule has 2 aromatic heterocycles. The van der Waals surface area contributed by atoms with Gasteiger partial charge < -0.3 is 15.1 Å². The van der Waals surface area contributed by atoms with E-state index in [1.165, 1.54) is 0 Å². The lowest BCUT2D eigenvalue weighted by Gasteiger charge is -2.36. The number of amides is 2. The van der Waals surface area contributed by atoms with E-state index in [-0.39, 0.29) is 17.7 Å². The molecule has 2 aliphatic carbocycles. The molecule has 7 heteroatoms. The number of aromatic nitrogens is 2. The molecule has 0 bridgehead atoms. The fourth-order valence-electron chi connectivity index (χ4n) is 4.30. The normalized spacial score (nSPS) is 21.0. The highest BCUT2D eigenvalue weighted by Gasteiger charge is 2.34. The first kappa shape index (κ1) is 18.1. The van der Waals surface area contributed by atoms with E-state index in [9.17, 15) is 9.59 Å². The van der Waals surface area contributed by atoms with Crippen LogP contribution in [0.4, 0.5) is 11.5 Å². The molecule has 1 saturated carbocycles. The van der Waals surface area contributed by atoms with Crippen LogP contribution in [0, 0.1) is 5.92 Å². The SMILES string of the molecule is O=C(Nc1ccc(N2CCN(C(=O)C3CC3)CC2)cn1)C1CCc2cccnc21. The van der Waals surface area contributed by atoms with Gasteiger partial charge >= 0.3 is 0 Å². The van der Waals surface area contributed by atoms with Crippen molar-refractivity contribution >= 4 is 23.3 Å². The molecule has 0 aromatic carbocycles. The van der Waals surface area contributed by atoms with Crippen LogP contribution in [0.1, 0.15) is 36.4 Å². The Labute approximate surface area is 170 Å². The summed E-state index contributed by atoms with van der Waals surface area (Å²) >= 11 is 0. The molecule has 29 heavy (non-hydrogen) atoms. The van der Waals surface area contributed by atoms with Crippen LogP contribution in [-0.4, -0.2) is 52.9 Å². The Bertz CT molecular complexity index is 917. The molecule has 0 radical (unpaired) electrons. The predicted octanol–water partition coefficient (Wildman–Crippen LogP) is 2.20. The minimum Gasteiger partial charge on any atom is -0.367 e. The molecular weight excluding hydrogens is 366 g/mol. The average Bonchev–Trinajstić information content (AvgIpc) is 3.52. The molecule has 3 heterocycles. The quantitative estimate of drug-likeness (QED) is 0.865. The third-order valence-electron chi connectivity index (χ3n) is 6.16. The molecule has 1 unspecified atom stereocenters. The standard InChI is InChI=1S/C22H25N5O2/c28-21(18-7-5-15-2-1-9-23-20(15)18)25-19-8-6-17(14-24-19)26-10-12-27(13-11-26)22(29)16-3-4-16/h1-2,6,8-9,14,16,18H,3-5,7,10-13H2,(H,24,25,28). The number of carbonyl (C=O) groups is 2. The molecule has 1 N–H and O–H groups in total. The largest absolute Gasteiger partial charge is 0.367 e. The van der Waals surface area contributed by atoms with Crippen LogP contribution in [-0.2, 0) is 16.0 Å². The molecule has 2 fully saturated rings. The lowest BCUT2D eigenvalue weighted by molar-refractivity contribution is -0.132. The van der Waals surface area contributed by atoms with Crippen molar-refractivity contribution < 1.29 is 9.59 Å². The minimum atomic E-state index is -0.204. The zero-order chi connectivity index (χ0) is 19.8. The Morgan fingerprint density at radius 3 is 2.55 bits per heavy atom. The van der Waals surface area contributed by atoms with Crippen molar-refractivity contribution in [3.8, 4) is 0 Å². The lowest BCUT2D eigenvalue weighted by atomic mass is 10.1. The summed E-state index contributed by atoms with van der Waals surface area (Å²) in [6.07, 6.45) is 7.34. The second kappa shape index (κ2) is 7.46. The molecule has 5 rings (SSSR count). The van der Waals surface area contributed by atoms with Gasteiger partial charge in [-0.15, -0.1) is 0 Å². The number of aryl methyl sites for hydroxylation is 1. The van der Waals surface area contributed by atoms with E-state index in [1.54, 1.807) is 12.4 Å². The summed E-state index contributed by atoms with van der Waals surface area (Å²) in [5.41, 5.74) is 3.07. The van der Waals surface area contributed by atoms with Crippen LogP contribution < -0.4 is 10.2 Å². The third-order valence-corrected chi connectivity index (χ3v) is 6.16. The van der Waals surface area contributed by atoms with Crippen molar-refractivity contribution in [2.24, 2.45) is 5.92 Å². The minimum absolute atomic E-state index is 0.0464. The predicted molar refractivity (Wildman–Crippen MR) is 110 cm³/mol. The maximum absolute atomic E-state index is 12.7. The summed E-state index contributed by atoms with van der Waals surface area (Å²) in [6.45, 7) is 3.16. The highest BCUT2D eigenvalue weighted by molar-refractivity contribution is 5.95. The van der Waals surface area contributed by atoms with Gasteiger partial charge in [-0.2, -0.15) is 0 Å². The molecule has 1 aliphatic heterocycles. The Hall–Kier alpha value is -2.96. The first-order valence-corrected chi connectivity index (χ1v) is 10.4.